The van der Waals surface area contributed by atoms with E-state index >= 15 is 0 Å². The molecule has 7 nitrogen and oxygen atoms in total. The molecule has 1 aliphatic rings. The van der Waals surface area contributed by atoms with Crippen LogP contribution in [0.3, 0.4) is 0 Å². The summed E-state index contributed by atoms with van der Waals surface area (Å²) in [6.45, 7) is 0. The average molecular weight is 409 g/mol. The van der Waals surface area contributed by atoms with Gasteiger partial charge in [0.1, 0.15) is 18.0 Å². The molecule has 2 atom stereocenters. The van der Waals surface area contributed by atoms with Crippen molar-refractivity contribution in [2.24, 2.45) is 0 Å². The molecule has 1 fully saturated rings. The van der Waals surface area contributed by atoms with Gasteiger partial charge in [-0.05, 0) is 47.0 Å². The van der Waals surface area contributed by atoms with Gasteiger partial charge in [-0.3, -0.25) is 0 Å². The molecule has 0 amide bonds. The second-order valence-corrected chi connectivity index (χ2v) is 7.19. The minimum Gasteiger partial charge on any atom is -0.508 e. The van der Waals surface area contributed by atoms with Crippen LogP contribution in [0.1, 0.15) is 34.5 Å². The van der Waals surface area contributed by atoms with Crippen LogP contribution in [-0.4, -0.2) is 34.6 Å². The summed E-state index contributed by atoms with van der Waals surface area (Å²) in [5.41, 5.74) is 3.30. The third kappa shape index (κ3) is 3.55. The standard InChI is InChI=1S/C23H23NO6/c1-24-16-6-3-12(20(27)21(16)28)9-15-10-13(4-7-17(15)25)22-23(30-22)14-5-8-18(26)19(11-14)29-2/h3-8,10-11,22-28H,9H2,1-2H3. The Labute approximate surface area is 173 Å². The third-order valence-corrected chi connectivity index (χ3v) is 5.34. The molecular weight excluding hydrogens is 386 g/mol. The number of phenols is 4. The normalized spacial score (nSPS) is 17.5. The number of anilines is 1. The maximum absolute atomic E-state index is 10.3. The quantitative estimate of drug-likeness (QED) is 0.309. The lowest BCUT2D eigenvalue weighted by Crippen LogP contribution is -1.95. The Balaban J connectivity index is 1.57. The van der Waals surface area contributed by atoms with Crippen LogP contribution in [0.5, 0.6) is 28.7 Å². The minimum atomic E-state index is -0.225. The van der Waals surface area contributed by atoms with Crippen molar-refractivity contribution in [2.45, 2.75) is 18.6 Å². The summed E-state index contributed by atoms with van der Waals surface area (Å²) in [7, 11) is 3.14. The molecule has 0 aliphatic carbocycles. The van der Waals surface area contributed by atoms with E-state index < -0.39 is 0 Å². The van der Waals surface area contributed by atoms with Gasteiger partial charge in [-0.25, -0.2) is 0 Å². The lowest BCUT2D eigenvalue weighted by molar-refractivity contribution is 0.366. The largest absolute Gasteiger partial charge is 0.508 e. The van der Waals surface area contributed by atoms with E-state index in [1.54, 1.807) is 49.5 Å². The molecule has 7 heteroatoms. The Morgan fingerprint density at radius 1 is 0.833 bits per heavy atom. The number of phenolic OH excluding ortho intramolecular Hbond substituents is 4. The van der Waals surface area contributed by atoms with E-state index in [0.29, 0.717) is 22.6 Å². The van der Waals surface area contributed by atoms with Gasteiger partial charge >= 0.3 is 0 Å². The second-order valence-electron chi connectivity index (χ2n) is 7.19. The van der Waals surface area contributed by atoms with Crippen LogP contribution in [0, 0.1) is 0 Å². The van der Waals surface area contributed by atoms with Crippen LogP contribution in [0.25, 0.3) is 0 Å². The summed E-state index contributed by atoms with van der Waals surface area (Å²) < 4.78 is 11.0. The Morgan fingerprint density at radius 2 is 1.50 bits per heavy atom. The molecule has 156 valence electrons. The van der Waals surface area contributed by atoms with Crippen molar-refractivity contribution >= 4 is 5.69 Å². The first kappa shape index (κ1) is 19.7. The molecule has 0 bridgehead atoms. The molecule has 0 aromatic heterocycles. The zero-order valence-corrected chi connectivity index (χ0v) is 16.6. The second kappa shape index (κ2) is 7.68. The maximum Gasteiger partial charge on any atom is 0.181 e. The van der Waals surface area contributed by atoms with E-state index in [9.17, 15) is 20.4 Å². The van der Waals surface area contributed by atoms with Gasteiger partial charge in [-0.1, -0.05) is 18.2 Å². The molecule has 0 saturated carbocycles. The van der Waals surface area contributed by atoms with Crippen molar-refractivity contribution in [1.29, 1.82) is 0 Å². The van der Waals surface area contributed by atoms with Gasteiger partial charge in [0.05, 0.1) is 12.8 Å². The molecule has 30 heavy (non-hydrogen) atoms. The van der Waals surface area contributed by atoms with Gasteiger partial charge in [0.2, 0.25) is 0 Å². The highest BCUT2D eigenvalue weighted by atomic mass is 16.6. The topological polar surface area (TPSA) is 115 Å². The SMILES string of the molecule is CNc1ccc(Cc2cc(C3OC3c3ccc(O)c(OC)c3)ccc2O)c(O)c1O. The van der Waals surface area contributed by atoms with Crippen molar-refractivity contribution in [2.75, 3.05) is 19.5 Å². The summed E-state index contributed by atoms with van der Waals surface area (Å²) in [6.07, 6.45) is -0.121. The monoisotopic (exact) mass is 409 g/mol. The number of benzene rings is 3. The minimum absolute atomic E-state index is 0.0673. The van der Waals surface area contributed by atoms with E-state index in [1.165, 1.54) is 7.11 Å². The third-order valence-electron chi connectivity index (χ3n) is 5.34. The molecule has 3 aromatic rings. The number of ether oxygens (including phenoxy) is 2. The molecule has 4 rings (SSSR count). The van der Waals surface area contributed by atoms with Crippen LogP contribution in [0.4, 0.5) is 5.69 Å². The highest BCUT2D eigenvalue weighted by molar-refractivity contribution is 5.65. The summed E-state index contributed by atoms with van der Waals surface area (Å²) in [5, 5.41) is 43.2. The van der Waals surface area contributed by atoms with Gasteiger partial charge in [-0.15, -0.1) is 0 Å². The summed E-state index contributed by atoms with van der Waals surface area (Å²) in [4.78, 5) is 0. The van der Waals surface area contributed by atoms with E-state index in [4.69, 9.17) is 9.47 Å². The van der Waals surface area contributed by atoms with Crippen molar-refractivity contribution in [3.05, 3.63) is 70.8 Å². The Kier molecular flexibility index (Phi) is 5.05. The fourth-order valence-electron chi connectivity index (χ4n) is 3.59. The van der Waals surface area contributed by atoms with Crippen molar-refractivity contribution < 1.29 is 29.9 Å². The Morgan fingerprint density at radius 3 is 2.17 bits per heavy atom. The van der Waals surface area contributed by atoms with Crippen LogP contribution >= 0.6 is 0 Å². The predicted molar refractivity (Wildman–Crippen MR) is 111 cm³/mol. The zero-order valence-electron chi connectivity index (χ0n) is 16.6. The van der Waals surface area contributed by atoms with Crippen LogP contribution in [0.2, 0.25) is 0 Å². The van der Waals surface area contributed by atoms with Gasteiger partial charge in [0, 0.05) is 19.0 Å². The van der Waals surface area contributed by atoms with Gasteiger partial charge < -0.3 is 35.2 Å². The van der Waals surface area contributed by atoms with Gasteiger partial charge in [0.15, 0.2) is 23.0 Å². The van der Waals surface area contributed by atoms with Crippen molar-refractivity contribution in [3.63, 3.8) is 0 Å². The highest BCUT2D eigenvalue weighted by Gasteiger charge is 2.42. The number of rotatable bonds is 6. The van der Waals surface area contributed by atoms with Crippen LogP contribution in [0.15, 0.2) is 48.5 Å². The van der Waals surface area contributed by atoms with Crippen LogP contribution in [-0.2, 0) is 11.2 Å². The van der Waals surface area contributed by atoms with Crippen LogP contribution < -0.4 is 10.1 Å². The molecule has 1 saturated heterocycles. The Bertz CT molecular complexity index is 1100. The molecule has 1 heterocycles. The maximum atomic E-state index is 10.3. The van der Waals surface area contributed by atoms with Crippen molar-refractivity contribution in [1.82, 2.24) is 0 Å². The molecule has 1 aliphatic heterocycles. The van der Waals surface area contributed by atoms with Crippen molar-refractivity contribution in [3.8, 4) is 28.7 Å². The molecule has 2 unspecified atom stereocenters. The smallest absolute Gasteiger partial charge is 0.181 e. The fourth-order valence-corrected chi connectivity index (χ4v) is 3.59. The number of hydrogen-bond acceptors (Lipinski definition) is 7. The molecule has 3 aromatic carbocycles. The summed E-state index contributed by atoms with van der Waals surface area (Å²) in [6, 6.07) is 13.7. The lowest BCUT2D eigenvalue weighted by Gasteiger charge is -2.12. The van der Waals surface area contributed by atoms with Gasteiger partial charge in [0.25, 0.3) is 0 Å². The van der Waals surface area contributed by atoms with E-state index in [0.717, 1.165) is 11.1 Å². The molecule has 5 N–H and O–H groups in total. The number of aromatic hydroxyl groups is 4. The molecule has 0 radical (unpaired) electrons. The first-order valence-corrected chi connectivity index (χ1v) is 9.48. The average Bonchev–Trinajstić information content (AvgIpc) is 3.54. The van der Waals surface area contributed by atoms with E-state index in [1.807, 2.05) is 6.07 Å². The predicted octanol–water partition coefficient (Wildman–Crippen LogP) is 3.96. The fraction of sp³-hybridized carbons (Fsp3) is 0.217. The van der Waals surface area contributed by atoms with E-state index in [2.05, 4.69) is 5.32 Å². The number of nitrogens with one attached hydrogen (secondary N) is 1. The lowest BCUT2D eigenvalue weighted by atomic mass is 9.97. The first-order valence-electron chi connectivity index (χ1n) is 9.48. The van der Waals surface area contributed by atoms with Gasteiger partial charge in [-0.2, -0.15) is 0 Å². The number of hydrogen-bond donors (Lipinski definition) is 5. The van der Waals surface area contributed by atoms with E-state index in [-0.39, 0.29) is 41.6 Å². The zero-order chi connectivity index (χ0) is 21.4. The summed E-state index contributed by atoms with van der Waals surface area (Å²) in [5.74, 6) is 0.103. The summed E-state index contributed by atoms with van der Waals surface area (Å²) >= 11 is 0. The molecular formula is C23H23NO6. The number of epoxide rings is 1. The highest BCUT2D eigenvalue weighted by Crippen LogP contribution is 2.52. The molecule has 0 spiro atoms. The Hall–Kier alpha value is -3.58. The first-order chi connectivity index (χ1) is 14.4. The number of methoxy groups -OCH3 is 1.